The van der Waals surface area contributed by atoms with Crippen LogP contribution in [0.15, 0.2) is 47.5 Å². The molecular weight excluding hydrogens is 680 g/mol. The Bertz CT molecular complexity index is 1610. The average Bonchev–Trinajstić information content (AvgIpc) is 3.41. The lowest BCUT2D eigenvalue weighted by atomic mass is 9.94. The molecule has 3 aromatic rings. The minimum absolute atomic E-state index is 0.00654. The van der Waals surface area contributed by atoms with E-state index in [0.29, 0.717) is 43.7 Å². The highest BCUT2D eigenvalue weighted by molar-refractivity contribution is 9.10. The summed E-state index contributed by atoms with van der Waals surface area (Å²) >= 11 is 10.4. The molecule has 2 aliphatic heterocycles. The van der Waals surface area contributed by atoms with Gasteiger partial charge in [-0.1, -0.05) is 40.0 Å². The second-order valence-electron chi connectivity index (χ2n) is 13.8. The number of piperazine rings is 1. The number of benzene rings is 1. The van der Waals surface area contributed by atoms with Gasteiger partial charge in [0, 0.05) is 61.2 Å². The molecule has 7 rings (SSSR count). The third-order valence-electron chi connectivity index (χ3n) is 10.5. The van der Waals surface area contributed by atoms with Crippen molar-refractivity contribution in [2.75, 3.05) is 32.7 Å². The number of hydrogen-bond acceptors (Lipinski definition) is 6. The van der Waals surface area contributed by atoms with Gasteiger partial charge in [-0.3, -0.25) is 19.6 Å². The number of pyridine rings is 1. The first-order valence-corrected chi connectivity index (χ1v) is 18.4. The van der Waals surface area contributed by atoms with Gasteiger partial charge in [-0.2, -0.15) is 0 Å². The first-order chi connectivity index (χ1) is 22.8. The molecule has 2 aliphatic carbocycles. The van der Waals surface area contributed by atoms with Crippen LogP contribution >= 0.6 is 27.5 Å². The summed E-state index contributed by atoms with van der Waals surface area (Å²) in [5.74, 6) is 0.334. The van der Waals surface area contributed by atoms with Gasteiger partial charge in [-0.25, -0.2) is 9.78 Å². The number of carbonyl (C=O) groups is 2. The first kappa shape index (κ1) is 32.6. The maximum atomic E-state index is 14.6. The summed E-state index contributed by atoms with van der Waals surface area (Å²) in [4.78, 5) is 43.9. The van der Waals surface area contributed by atoms with Gasteiger partial charge >= 0.3 is 6.09 Å². The Morgan fingerprint density at radius 2 is 1.83 bits per heavy atom. The molecule has 1 saturated carbocycles. The number of carbonyl (C=O) groups excluding carboxylic acids is 2. The van der Waals surface area contributed by atoms with Crippen LogP contribution in [0.1, 0.15) is 79.1 Å². The highest BCUT2D eigenvalue weighted by Gasteiger charge is 2.44. The van der Waals surface area contributed by atoms with Gasteiger partial charge in [0.2, 0.25) is 5.91 Å². The van der Waals surface area contributed by atoms with Crippen LogP contribution in [0, 0.1) is 12.8 Å². The van der Waals surface area contributed by atoms with Gasteiger partial charge in [0.1, 0.15) is 12.1 Å². The molecule has 0 bridgehead atoms. The minimum Gasteiger partial charge on any atom is -0.446 e. The van der Waals surface area contributed by atoms with Crippen molar-refractivity contribution < 1.29 is 14.3 Å². The smallest absolute Gasteiger partial charge is 0.410 e. The number of piperidine rings is 1. The van der Waals surface area contributed by atoms with E-state index in [4.69, 9.17) is 21.3 Å². The molecule has 11 heteroatoms. The fourth-order valence-electron chi connectivity index (χ4n) is 8.18. The van der Waals surface area contributed by atoms with Crippen LogP contribution in [0.4, 0.5) is 4.79 Å². The highest BCUT2D eigenvalue weighted by atomic mass is 79.9. The Hall–Kier alpha value is -2.95. The largest absolute Gasteiger partial charge is 0.446 e. The molecule has 3 atom stereocenters. The van der Waals surface area contributed by atoms with Crippen LogP contribution < -0.4 is 0 Å². The standard InChI is InChI=1S/C36H44BrClN6O3/c1-24-19-41(23-40-24)20-25-7-6-14-43(21-25)35(45)31-22-42(15-16-44(31)36(46)47-29-9-3-2-4-10-29)34-32-27(17-28(38)18-30(32)37)12-11-26-8-5-13-39-33(26)34/h5,8,13,17-19,23,25,29,31,34H,2-4,6-7,9-12,14-16,20-22H2,1H3/t25-,31-,34?/m1/s1. The Morgan fingerprint density at radius 3 is 2.64 bits per heavy atom. The third-order valence-corrected chi connectivity index (χ3v) is 11.4. The molecule has 2 aromatic heterocycles. The maximum Gasteiger partial charge on any atom is 0.410 e. The molecule has 0 N–H and O–H groups in total. The van der Waals surface area contributed by atoms with Gasteiger partial charge in [-0.15, -0.1) is 0 Å². The van der Waals surface area contributed by atoms with Crippen LogP contribution in [-0.4, -0.2) is 86.1 Å². The van der Waals surface area contributed by atoms with E-state index in [1.807, 2.05) is 36.5 Å². The molecule has 2 saturated heterocycles. The Morgan fingerprint density at radius 1 is 1.00 bits per heavy atom. The van der Waals surface area contributed by atoms with E-state index in [1.165, 1.54) is 17.5 Å². The van der Waals surface area contributed by atoms with Crippen molar-refractivity contribution in [1.29, 1.82) is 0 Å². The highest BCUT2D eigenvalue weighted by Crippen LogP contribution is 2.42. The van der Waals surface area contributed by atoms with Gasteiger partial charge in [-0.05, 0) is 99.1 Å². The number of hydrogen-bond donors (Lipinski definition) is 0. The molecule has 1 unspecified atom stereocenters. The normalized spacial score (nSPS) is 23.9. The van der Waals surface area contributed by atoms with Crippen LogP contribution in [0.3, 0.4) is 0 Å². The summed E-state index contributed by atoms with van der Waals surface area (Å²) < 4.78 is 9.17. The summed E-state index contributed by atoms with van der Waals surface area (Å²) in [7, 11) is 0. The molecule has 250 valence electrons. The van der Waals surface area contributed by atoms with E-state index in [1.54, 1.807) is 4.90 Å². The number of amides is 2. The second kappa shape index (κ2) is 14.3. The van der Waals surface area contributed by atoms with Gasteiger partial charge in [0.05, 0.1) is 23.8 Å². The number of imidazole rings is 1. The quantitative estimate of drug-likeness (QED) is 0.296. The molecule has 4 aliphatic rings. The number of fused-ring (bicyclic) bond motifs is 2. The fraction of sp³-hybridized carbons (Fsp3) is 0.556. The Balaban J connectivity index is 1.19. The molecule has 0 radical (unpaired) electrons. The van der Waals surface area contributed by atoms with Crippen molar-refractivity contribution in [3.05, 3.63) is 80.6 Å². The number of ether oxygens (including phenoxy) is 1. The number of halogens is 2. The lowest BCUT2D eigenvalue weighted by molar-refractivity contribution is -0.141. The Labute approximate surface area is 290 Å². The topological polar surface area (TPSA) is 83.8 Å². The molecule has 4 heterocycles. The van der Waals surface area contributed by atoms with Crippen LogP contribution in [0.5, 0.6) is 0 Å². The van der Waals surface area contributed by atoms with Crippen LogP contribution in [0.25, 0.3) is 0 Å². The molecule has 1 aromatic carbocycles. The monoisotopic (exact) mass is 722 g/mol. The van der Waals surface area contributed by atoms with E-state index in [0.717, 1.165) is 79.3 Å². The van der Waals surface area contributed by atoms with Crippen molar-refractivity contribution >= 4 is 39.5 Å². The molecular formula is C36H44BrClN6O3. The number of aryl methyl sites for hydroxylation is 3. The summed E-state index contributed by atoms with van der Waals surface area (Å²) in [6.07, 6.45) is 14.2. The summed E-state index contributed by atoms with van der Waals surface area (Å²) in [5.41, 5.74) is 5.53. The van der Waals surface area contributed by atoms with Crippen molar-refractivity contribution in [2.45, 2.75) is 89.4 Å². The molecule has 2 amide bonds. The summed E-state index contributed by atoms with van der Waals surface area (Å²) in [6.45, 7) is 5.59. The summed E-state index contributed by atoms with van der Waals surface area (Å²) in [5, 5.41) is 0.696. The van der Waals surface area contributed by atoms with Crippen molar-refractivity contribution in [3.8, 4) is 0 Å². The predicted molar refractivity (Wildman–Crippen MR) is 184 cm³/mol. The van der Waals surface area contributed by atoms with Crippen LogP contribution in [-0.2, 0) is 28.9 Å². The van der Waals surface area contributed by atoms with E-state index >= 15 is 0 Å². The average molecular weight is 724 g/mol. The zero-order chi connectivity index (χ0) is 32.5. The third kappa shape index (κ3) is 7.10. The molecule has 47 heavy (non-hydrogen) atoms. The van der Waals surface area contributed by atoms with Gasteiger partial charge in [0.25, 0.3) is 0 Å². The fourth-order valence-corrected chi connectivity index (χ4v) is 9.27. The van der Waals surface area contributed by atoms with E-state index in [2.05, 4.69) is 48.7 Å². The number of rotatable bonds is 5. The molecule has 0 spiro atoms. The zero-order valence-corrected chi connectivity index (χ0v) is 29.5. The number of nitrogens with zero attached hydrogens (tertiary/aromatic N) is 6. The molecule has 3 fully saturated rings. The van der Waals surface area contributed by atoms with Gasteiger partial charge < -0.3 is 14.2 Å². The lowest BCUT2D eigenvalue weighted by Gasteiger charge is -2.46. The van der Waals surface area contributed by atoms with Crippen molar-refractivity contribution in [2.24, 2.45) is 5.92 Å². The number of aromatic nitrogens is 3. The van der Waals surface area contributed by atoms with E-state index in [9.17, 15) is 9.59 Å². The van der Waals surface area contributed by atoms with E-state index in [-0.39, 0.29) is 24.1 Å². The zero-order valence-electron chi connectivity index (χ0n) is 27.1. The maximum absolute atomic E-state index is 14.6. The molecule has 9 nitrogen and oxygen atoms in total. The second-order valence-corrected chi connectivity index (χ2v) is 15.1. The predicted octanol–water partition coefficient (Wildman–Crippen LogP) is 6.58. The van der Waals surface area contributed by atoms with Crippen molar-refractivity contribution in [3.63, 3.8) is 0 Å². The van der Waals surface area contributed by atoms with E-state index < -0.39 is 6.04 Å². The SMILES string of the molecule is Cc1cn(C[C@H]2CCCN(C(=O)[C@H]3CN(C4c5ncccc5CCc5cc(Cl)cc(Br)c54)CCN3C(=O)OC3CCCCC3)C2)cn1. The van der Waals surface area contributed by atoms with Crippen molar-refractivity contribution in [1.82, 2.24) is 29.2 Å². The minimum atomic E-state index is -0.654. The number of likely N-dealkylation sites (tertiary alicyclic amines) is 1. The Kier molecular flexibility index (Phi) is 9.89. The van der Waals surface area contributed by atoms with Crippen LogP contribution in [0.2, 0.25) is 5.02 Å². The lowest BCUT2D eigenvalue weighted by Crippen LogP contribution is -2.62. The first-order valence-electron chi connectivity index (χ1n) is 17.2. The summed E-state index contributed by atoms with van der Waals surface area (Å²) in [6, 6.07) is 7.35. The van der Waals surface area contributed by atoms with Gasteiger partial charge in [0.15, 0.2) is 0 Å².